The molecule has 0 amide bonds. The fourth-order valence-corrected chi connectivity index (χ4v) is 0.556. The summed E-state index contributed by atoms with van der Waals surface area (Å²) in [6.45, 7) is 10.5. The van der Waals surface area contributed by atoms with Crippen LogP contribution in [-0.2, 0) is 0 Å². The first-order valence-corrected chi connectivity index (χ1v) is 3.16. The molecular weight excluding hydrogens is 136 g/mol. The zero-order chi connectivity index (χ0) is 8.69. The number of allylic oxidation sites excluding steroid dienone is 3. The Labute approximate surface area is 67.1 Å². The van der Waals surface area contributed by atoms with Gasteiger partial charge in [-0.05, 0) is 12.2 Å². The van der Waals surface area contributed by atoms with E-state index in [0.717, 1.165) is 0 Å². The number of hydrogen-bond acceptors (Lipinski definition) is 2. The van der Waals surface area contributed by atoms with Gasteiger partial charge in [-0.1, -0.05) is 25.8 Å². The number of hydrogen-bond donors (Lipinski definition) is 1. The van der Waals surface area contributed by atoms with Crippen LogP contribution in [0.25, 0.3) is 0 Å². The Hall–Kier alpha value is -1.57. The fraction of sp³-hybridized carbons (Fsp3) is 0. The Bertz CT molecular complexity index is 222. The molecule has 0 aromatic heterocycles. The van der Waals surface area contributed by atoms with E-state index in [2.05, 4.69) is 24.7 Å². The molecule has 2 heteroatoms. The number of rotatable bonds is 4. The molecule has 0 unspecified atom stereocenters. The van der Waals surface area contributed by atoms with E-state index in [4.69, 9.17) is 5.73 Å². The van der Waals surface area contributed by atoms with Crippen molar-refractivity contribution in [3.8, 4) is 0 Å². The van der Waals surface area contributed by atoms with Crippen molar-refractivity contribution in [3.63, 3.8) is 0 Å². The van der Waals surface area contributed by atoms with Crippen LogP contribution in [0.4, 0.5) is 0 Å². The smallest absolute Gasteiger partial charge is 0.0852 e. The van der Waals surface area contributed by atoms with Gasteiger partial charge in [0.1, 0.15) is 0 Å². The largest absolute Gasteiger partial charge is 0.397 e. The van der Waals surface area contributed by atoms with E-state index in [-0.39, 0.29) is 0 Å². The molecule has 0 atom stereocenters. The highest BCUT2D eigenvalue weighted by molar-refractivity contribution is 6.07. The van der Waals surface area contributed by atoms with E-state index in [1.54, 1.807) is 18.2 Å². The quantitative estimate of drug-likeness (QED) is 0.479. The van der Waals surface area contributed by atoms with E-state index in [9.17, 15) is 0 Å². The topological polar surface area (TPSA) is 38.4 Å². The second-order valence-electron chi connectivity index (χ2n) is 1.76. The lowest BCUT2D eigenvalue weighted by Crippen LogP contribution is -2.07. The third-order valence-electron chi connectivity index (χ3n) is 1.02. The minimum Gasteiger partial charge on any atom is -0.397 e. The number of nitrogens with zero attached hydrogens (tertiary/aromatic N) is 1. The van der Waals surface area contributed by atoms with Gasteiger partial charge in [-0.15, -0.1) is 0 Å². The van der Waals surface area contributed by atoms with Crippen LogP contribution >= 0.6 is 0 Å². The molecule has 0 bridgehead atoms. The Balaban J connectivity index is 4.63. The second kappa shape index (κ2) is 5.23. The lowest BCUT2D eigenvalue weighted by atomic mass is 10.2. The predicted molar refractivity (Wildman–Crippen MR) is 50.3 cm³/mol. The molecule has 0 heterocycles. The number of nitrogens with two attached hydrogens (primary N) is 1. The van der Waals surface area contributed by atoms with Gasteiger partial charge in [0.05, 0.1) is 11.4 Å². The van der Waals surface area contributed by atoms with E-state index in [0.29, 0.717) is 11.4 Å². The van der Waals surface area contributed by atoms with Crippen molar-refractivity contribution in [1.82, 2.24) is 0 Å². The molecule has 0 saturated carbocycles. The maximum atomic E-state index is 5.57. The van der Waals surface area contributed by atoms with Crippen molar-refractivity contribution in [2.75, 3.05) is 0 Å². The van der Waals surface area contributed by atoms with Gasteiger partial charge >= 0.3 is 0 Å². The SMILES string of the molecule is C=C/C=C(/N)C(C=C)=NC=C. The lowest BCUT2D eigenvalue weighted by Gasteiger charge is -1.96. The van der Waals surface area contributed by atoms with Crippen LogP contribution in [0, 0.1) is 0 Å². The highest BCUT2D eigenvalue weighted by Crippen LogP contribution is 1.92. The first-order chi connectivity index (χ1) is 5.26. The minimum absolute atomic E-state index is 0.537. The van der Waals surface area contributed by atoms with E-state index in [1.807, 2.05) is 0 Å². The maximum absolute atomic E-state index is 5.57. The molecule has 58 valence electrons. The first kappa shape index (κ1) is 9.43. The molecule has 0 aliphatic rings. The summed E-state index contributed by atoms with van der Waals surface area (Å²) in [6, 6.07) is 0. The zero-order valence-electron chi connectivity index (χ0n) is 6.46. The molecule has 0 saturated heterocycles. The van der Waals surface area contributed by atoms with E-state index in [1.165, 1.54) is 6.20 Å². The van der Waals surface area contributed by atoms with Crippen molar-refractivity contribution in [2.24, 2.45) is 10.7 Å². The van der Waals surface area contributed by atoms with Crippen molar-refractivity contribution >= 4 is 5.71 Å². The Morgan fingerprint density at radius 1 is 1.27 bits per heavy atom. The summed E-state index contributed by atoms with van der Waals surface area (Å²) in [5, 5.41) is 0. The standard InChI is InChI=1S/C9H12N2/c1-4-7-8(10)9(5-2)11-6-3/h4-7H,1-3,10H2/b8-7+,11-9?. The van der Waals surface area contributed by atoms with Crippen LogP contribution in [0.2, 0.25) is 0 Å². The Morgan fingerprint density at radius 3 is 2.27 bits per heavy atom. The van der Waals surface area contributed by atoms with Gasteiger partial charge in [-0.25, -0.2) is 0 Å². The van der Waals surface area contributed by atoms with Gasteiger partial charge in [0.25, 0.3) is 0 Å². The van der Waals surface area contributed by atoms with Crippen molar-refractivity contribution in [3.05, 3.63) is 49.9 Å². The molecule has 0 spiro atoms. The summed E-state index contributed by atoms with van der Waals surface area (Å²) >= 11 is 0. The second-order valence-corrected chi connectivity index (χ2v) is 1.76. The predicted octanol–water partition coefficient (Wildman–Crippen LogP) is 1.79. The molecule has 0 radical (unpaired) electrons. The van der Waals surface area contributed by atoms with E-state index >= 15 is 0 Å². The van der Waals surface area contributed by atoms with Gasteiger partial charge in [0.2, 0.25) is 0 Å². The van der Waals surface area contributed by atoms with E-state index < -0.39 is 0 Å². The Morgan fingerprint density at radius 2 is 1.91 bits per heavy atom. The average molecular weight is 148 g/mol. The molecule has 11 heavy (non-hydrogen) atoms. The molecule has 0 aromatic rings. The third-order valence-corrected chi connectivity index (χ3v) is 1.02. The van der Waals surface area contributed by atoms with Gasteiger partial charge in [0.15, 0.2) is 0 Å². The molecule has 0 aromatic carbocycles. The first-order valence-electron chi connectivity index (χ1n) is 3.16. The normalized spacial score (nSPS) is 12.4. The van der Waals surface area contributed by atoms with Crippen molar-refractivity contribution in [2.45, 2.75) is 0 Å². The number of aliphatic imine (C=N–C) groups is 1. The summed E-state index contributed by atoms with van der Waals surface area (Å²) in [7, 11) is 0. The average Bonchev–Trinajstić information content (AvgIpc) is 2.00. The van der Waals surface area contributed by atoms with Gasteiger partial charge in [-0.3, -0.25) is 4.99 Å². The molecular formula is C9H12N2. The minimum atomic E-state index is 0.537. The fourth-order valence-electron chi connectivity index (χ4n) is 0.556. The van der Waals surface area contributed by atoms with Crippen LogP contribution in [0.3, 0.4) is 0 Å². The summed E-state index contributed by atoms with van der Waals surface area (Å²) in [5.41, 5.74) is 6.71. The molecule has 2 nitrogen and oxygen atoms in total. The summed E-state index contributed by atoms with van der Waals surface area (Å²) in [6.07, 6.45) is 6.24. The lowest BCUT2D eigenvalue weighted by molar-refractivity contribution is 1.44. The van der Waals surface area contributed by atoms with Crippen LogP contribution in [0.15, 0.2) is 54.9 Å². The van der Waals surface area contributed by atoms with Crippen molar-refractivity contribution < 1.29 is 0 Å². The molecule has 0 rings (SSSR count). The van der Waals surface area contributed by atoms with Crippen molar-refractivity contribution in [1.29, 1.82) is 0 Å². The highest BCUT2D eigenvalue weighted by Gasteiger charge is 1.93. The molecule has 0 aliphatic heterocycles. The van der Waals surface area contributed by atoms with Gasteiger partial charge in [0, 0.05) is 6.20 Å². The molecule has 2 N–H and O–H groups in total. The highest BCUT2D eigenvalue weighted by atomic mass is 14.7. The summed E-state index contributed by atoms with van der Waals surface area (Å²) < 4.78 is 0. The Kier molecular flexibility index (Phi) is 4.49. The zero-order valence-corrected chi connectivity index (χ0v) is 6.46. The molecule has 0 fully saturated rings. The van der Waals surface area contributed by atoms with Crippen LogP contribution in [0.1, 0.15) is 0 Å². The summed E-state index contributed by atoms with van der Waals surface area (Å²) in [4.78, 5) is 3.88. The summed E-state index contributed by atoms with van der Waals surface area (Å²) in [5.74, 6) is 0. The maximum Gasteiger partial charge on any atom is 0.0852 e. The third kappa shape index (κ3) is 3.20. The van der Waals surface area contributed by atoms with Gasteiger partial charge < -0.3 is 5.73 Å². The van der Waals surface area contributed by atoms with Crippen LogP contribution in [-0.4, -0.2) is 5.71 Å². The monoisotopic (exact) mass is 148 g/mol. The molecule has 0 aliphatic carbocycles. The van der Waals surface area contributed by atoms with Crippen LogP contribution in [0.5, 0.6) is 0 Å². The van der Waals surface area contributed by atoms with Crippen LogP contribution < -0.4 is 5.73 Å². The van der Waals surface area contributed by atoms with Gasteiger partial charge in [-0.2, -0.15) is 0 Å².